The molecule has 0 radical (unpaired) electrons. The van der Waals surface area contributed by atoms with Gasteiger partial charge in [0.2, 0.25) is 5.95 Å². The monoisotopic (exact) mass is 432 g/mol. The van der Waals surface area contributed by atoms with Gasteiger partial charge >= 0.3 is 0 Å². The maximum atomic E-state index is 12.9. The van der Waals surface area contributed by atoms with Gasteiger partial charge in [-0.2, -0.15) is 4.98 Å². The number of fused-ring (bicyclic) bond motifs is 1. The zero-order valence-corrected chi connectivity index (χ0v) is 17.5. The van der Waals surface area contributed by atoms with Gasteiger partial charge in [0.15, 0.2) is 11.5 Å². The van der Waals surface area contributed by atoms with Gasteiger partial charge in [0.1, 0.15) is 5.39 Å². The molecule has 1 aliphatic rings. The number of nitrogens with one attached hydrogen (secondary N) is 2. The number of pyridine rings is 1. The van der Waals surface area contributed by atoms with Gasteiger partial charge in [0, 0.05) is 49.9 Å². The standard InChI is InChI=1S/C22H24N8O2/c31-14-13-29-21(32)18-15-25-22(27-20(18)30(29)19-3-1-2-8-24-19)26-16-4-6-17(7-5-16)28-11-9-23-10-12-28/h1-8,15,23,31H,9-14H2,(H,25,26,27). The van der Waals surface area contributed by atoms with Crippen LogP contribution in [0.3, 0.4) is 0 Å². The lowest BCUT2D eigenvalue weighted by molar-refractivity contribution is 0.263. The summed E-state index contributed by atoms with van der Waals surface area (Å²) in [5, 5.41) is 16.4. The molecule has 10 nitrogen and oxygen atoms in total. The van der Waals surface area contributed by atoms with Crippen molar-refractivity contribution >= 4 is 28.4 Å². The van der Waals surface area contributed by atoms with Crippen molar-refractivity contribution in [2.75, 3.05) is 43.0 Å². The van der Waals surface area contributed by atoms with Crippen LogP contribution in [-0.2, 0) is 6.54 Å². The fourth-order valence-electron chi connectivity index (χ4n) is 3.90. The third kappa shape index (κ3) is 3.81. The molecular formula is C22H24N8O2. The normalized spacial score (nSPS) is 14.1. The summed E-state index contributed by atoms with van der Waals surface area (Å²) in [4.78, 5) is 28.5. The van der Waals surface area contributed by atoms with Crippen molar-refractivity contribution in [1.82, 2.24) is 29.6 Å². The summed E-state index contributed by atoms with van der Waals surface area (Å²) in [7, 11) is 0. The Kier molecular flexibility index (Phi) is 5.53. The molecule has 5 rings (SSSR count). The smallest absolute Gasteiger partial charge is 0.278 e. The number of aliphatic hydroxyl groups is 1. The van der Waals surface area contributed by atoms with Crippen molar-refractivity contribution in [3.8, 4) is 5.82 Å². The molecule has 3 N–H and O–H groups in total. The Morgan fingerprint density at radius 3 is 2.59 bits per heavy atom. The van der Waals surface area contributed by atoms with E-state index in [1.54, 1.807) is 23.0 Å². The van der Waals surface area contributed by atoms with Crippen LogP contribution in [0.25, 0.3) is 16.9 Å². The van der Waals surface area contributed by atoms with Crippen LogP contribution in [0.1, 0.15) is 0 Å². The molecule has 1 saturated heterocycles. The SMILES string of the molecule is O=c1c2cnc(Nc3ccc(N4CCNCC4)cc3)nc2n(-c2ccccn2)n1CCO. The third-order valence-corrected chi connectivity index (χ3v) is 5.46. The van der Waals surface area contributed by atoms with Crippen molar-refractivity contribution in [3.63, 3.8) is 0 Å². The van der Waals surface area contributed by atoms with Crippen LogP contribution >= 0.6 is 0 Å². The summed E-state index contributed by atoms with van der Waals surface area (Å²) in [6.45, 7) is 3.90. The summed E-state index contributed by atoms with van der Waals surface area (Å²) < 4.78 is 3.04. The first-order valence-corrected chi connectivity index (χ1v) is 10.6. The summed E-state index contributed by atoms with van der Waals surface area (Å²) >= 11 is 0. The lowest BCUT2D eigenvalue weighted by Gasteiger charge is -2.29. The van der Waals surface area contributed by atoms with Crippen LogP contribution in [-0.4, -0.2) is 62.2 Å². The molecule has 1 aromatic carbocycles. The van der Waals surface area contributed by atoms with E-state index in [-0.39, 0.29) is 18.7 Å². The van der Waals surface area contributed by atoms with E-state index in [4.69, 9.17) is 0 Å². The van der Waals surface area contributed by atoms with Crippen LogP contribution < -0.4 is 21.1 Å². The molecule has 0 aliphatic carbocycles. The molecule has 0 bridgehead atoms. The summed E-state index contributed by atoms with van der Waals surface area (Å²) in [6, 6.07) is 13.6. The Morgan fingerprint density at radius 1 is 1.06 bits per heavy atom. The zero-order chi connectivity index (χ0) is 21.9. The quantitative estimate of drug-likeness (QED) is 0.416. The minimum atomic E-state index is -0.272. The maximum absolute atomic E-state index is 12.9. The van der Waals surface area contributed by atoms with Gasteiger partial charge in [-0.15, -0.1) is 0 Å². The first kappa shape index (κ1) is 20.2. The lowest BCUT2D eigenvalue weighted by atomic mass is 10.2. The lowest BCUT2D eigenvalue weighted by Crippen LogP contribution is -2.43. The number of aromatic nitrogens is 5. The van der Waals surface area contributed by atoms with Gasteiger partial charge in [-0.25, -0.2) is 19.3 Å². The molecule has 0 spiro atoms. The molecular weight excluding hydrogens is 408 g/mol. The molecule has 4 heterocycles. The van der Waals surface area contributed by atoms with Gasteiger partial charge < -0.3 is 20.6 Å². The van der Waals surface area contributed by atoms with Crippen molar-refractivity contribution < 1.29 is 5.11 Å². The fraction of sp³-hybridized carbons (Fsp3) is 0.273. The highest BCUT2D eigenvalue weighted by Gasteiger charge is 2.18. The first-order valence-electron chi connectivity index (χ1n) is 10.6. The van der Waals surface area contributed by atoms with Crippen molar-refractivity contribution in [2.45, 2.75) is 6.54 Å². The molecule has 0 unspecified atom stereocenters. The van der Waals surface area contributed by atoms with E-state index in [9.17, 15) is 9.90 Å². The van der Waals surface area contributed by atoms with E-state index in [0.29, 0.717) is 22.8 Å². The predicted octanol–water partition coefficient (Wildman–Crippen LogP) is 1.12. The minimum Gasteiger partial charge on any atom is -0.394 e. The molecule has 10 heteroatoms. The average Bonchev–Trinajstić information content (AvgIpc) is 3.12. The van der Waals surface area contributed by atoms with Gasteiger partial charge in [-0.3, -0.25) is 4.79 Å². The number of anilines is 3. The van der Waals surface area contributed by atoms with E-state index >= 15 is 0 Å². The zero-order valence-electron chi connectivity index (χ0n) is 17.5. The van der Waals surface area contributed by atoms with E-state index in [1.165, 1.54) is 16.6 Å². The van der Waals surface area contributed by atoms with Crippen molar-refractivity contribution in [1.29, 1.82) is 0 Å². The van der Waals surface area contributed by atoms with Gasteiger partial charge in [-0.05, 0) is 36.4 Å². The second-order valence-corrected chi connectivity index (χ2v) is 7.49. The average molecular weight is 432 g/mol. The molecule has 0 saturated carbocycles. The van der Waals surface area contributed by atoms with Crippen LogP contribution in [0, 0.1) is 0 Å². The highest BCUT2D eigenvalue weighted by molar-refractivity contribution is 5.77. The van der Waals surface area contributed by atoms with Gasteiger partial charge in [0.25, 0.3) is 5.56 Å². The predicted molar refractivity (Wildman–Crippen MR) is 123 cm³/mol. The van der Waals surface area contributed by atoms with Crippen molar-refractivity contribution in [3.05, 3.63) is 65.2 Å². The van der Waals surface area contributed by atoms with E-state index in [0.717, 1.165) is 31.9 Å². The number of hydrogen-bond donors (Lipinski definition) is 3. The summed E-state index contributed by atoms with van der Waals surface area (Å²) in [5.74, 6) is 0.913. The minimum absolute atomic E-state index is 0.127. The fourth-order valence-corrected chi connectivity index (χ4v) is 3.90. The Hall–Kier alpha value is -3.76. The molecule has 32 heavy (non-hydrogen) atoms. The van der Waals surface area contributed by atoms with Crippen LogP contribution in [0.15, 0.2) is 59.7 Å². The molecule has 3 aromatic heterocycles. The number of hydrogen-bond acceptors (Lipinski definition) is 8. The van der Waals surface area contributed by atoms with Gasteiger partial charge in [0.05, 0.1) is 13.2 Å². The Morgan fingerprint density at radius 2 is 1.88 bits per heavy atom. The second-order valence-electron chi connectivity index (χ2n) is 7.49. The molecule has 1 fully saturated rings. The number of aliphatic hydroxyl groups excluding tert-OH is 1. The topological polar surface area (TPSA) is 113 Å². The Bertz CT molecular complexity index is 1260. The molecule has 1 aliphatic heterocycles. The third-order valence-electron chi connectivity index (χ3n) is 5.46. The largest absolute Gasteiger partial charge is 0.394 e. The molecule has 4 aromatic rings. The Labute approximate surface area is 184 Å². The number of piperazine rings is 1. The molecule has 164 valence electrons. The van der Waals surface area contributed by atoms with Gasteiger partial charge in [-0.1, -0.05) is 6.07 Å². The molecule has 0 amide bonds. The Balaban J connectivity index is 1.48. The van der Waals surface area contributed by atoms with Crippen molar-refractivity contribution in [2.24, 2.45) is 0 Å². The van der Waals surface area contributed by atoms with Crippen LogP contribution in [0.5, 0.6) is 0 Å². The second kappa shape index (κ2) is 8.77. The van der Waals surface area contributed by atoms with E-state index in [1.807, 2.05) is 18.2 Å². The number of rotatable bonds is 6. The summed E-state index contributed by atoms with van der Waals surface area (Å²) in [5.41, 5.74) is 2.19. The van der Waals surface area contributed by atoms with Crippen LogP contribution in [0.2, 0.25) is 0 Å². The first-order chi connectivity index (χ1) is 15.7. The number of benzene rings is 1. The molecule has 0 atom stereocenters. The van der Waals surface area contributed by atoms with E-state index in [2.05, 4.69) is 42.6 Å². The highest BCUT2D eigenvalue weighted by Crippen LogP contribution is 2.21. The summed E-state index contributed by atoms with van der Waals surface area (Å²) in [6.07, 6.45) is 3.16. The number of nitrogens with zero attached hydrogens (tertiary/aromatic N) is 6. The maximum Gasteiger partial charge on any atom is 0.278 e. The highest BCUT2D eigenvalue weighted by atomic mass is 16.3. The van der Waals surface area contributed by atoms with E-state index < -0.39 is 0 Å². The van der Waals surface area contributed by atoms with Crippen LogP contribution in [0.4, 0.5) is 17.3 Å².